The van der Waals surface area contributed by atoms with Crippen LogP contribution in [0.1, 0.15) is 31.9 Å². The fourth-order valence-electron chi connectivity index (χ4n) is 2.38. The van der Waals surface area contributed by atoms with Crippen LogP contribution in [0, 0.1) is 6.92 Å². The predicted molar refractivity (Wildman–Crippen MR) is 66.3 cm³/mol. The summed E-state index contributed by atoms with van der Waals surface area (Å²) in [6.07, 6.45) is 1.98. The summed E-state index contributed by atoms with van der Waals surface area (Å²) >= 11 is 1.70. The van der Waals surface area contributed by atoms with Gasteiger partial charge in [0.1, 0.15) is 0 Å². The summed E-state index contributed by atoms with van der Waals surface area (Å²) in [6, 6.07) is 8.11. The zero-order valence-electron chi connectivity index (χ0n) is 9.12. The molecule has 0 atom stereocenters. The minimum Gasteiger partial charge on any atom is -0.289 e. The Balaban J connectivity index is 2.26. The van der Waals surface area contributed by atoms with Crippen LogP contribution in [0.3, 0.4) is 0 Å². The number of hydrogen-bond acceptors (Lipinski definition) is 2. The number of aryl methyl sites for hydroxylation is 3. The second-order valence-electron chi connectivity index (χ2n) is 4.20. The van der Waals surface area contributed by atoms with Crippen molar-refractivity contribution < 1.29 is 4.79 Å². The number of ketones is 1. The highest BCUT2D eigenvalue weighted by molar-refractivity contribution is 7.10. The molecule has 0 aliphatic heterocycles. The van der Waals surface area contributed by atoms with Gasteiger partial charge in [-0.3, -0.25) is 4.79 Å². The van der Waals surface area contributed by atoms with Gasteiger partial charge in [0.2, 0.25) is 0 Å². The predicted octanol–water partition coefficient (Wildman–Crippen LogP) is 3.39. The molecular formula is C14H12OS. The van der Waals surface area contributed by atoms with Crippen molar-refractivity contribution in [3.8, 4) is 0 Å². The highest BCUT2D eigenvalue weighted by atomic mass is 32.1. The molecule has 0 saturated carbocycles. The molecule has 0 N–H and O–H groups in total. The highest BCUT2D eigenvalue weighted by Crippen LogP contribution is 2.29. The number of carbonyl (C=O) groups excluding carboxylic acids is 1. The van der Waals surface area contributed by atoms with Gasteiger partial charge in [0.05, 0.1) is 0 Å². The minimum absolute atomic E-state index is 0.210. The standard InChI is InChI=1S/C14H12OS/c1-9-3-2-4-10-5-6-12-11(7-8-16-12)14(15)13(9)10/h2-4,7-8H,5-6H2,1H3. The molecule has 0 saturated heterocycles. The first-order valence-electron chi connectivity index (χ1n) is 5.47. The summed E-state index contributed by atoms with van der Waals surface area (Å²) in [5.41, 5.74) is 4.15. The van der Waals surface area contributed by atoms with Crippen LogP contribution < -0.4 is 0 Å². The molecule has 1 aromatic carbocycles. The maximum absolute atomic E-state index is 12.4. The normalized spacial score (nSPS) is 14.2. The first-order chi connectivity index (χ1) is 7.77. The average Bonchev–Trinajstić information content (AvgIpc) is 2.69. The Hall–Kier alpha value is -1.41. The van der Waals surface area contributed by atoms with E-state index in [1.165, 1.54) is 10.4 Å². The van der Waals surface area contributed by atoms with Crippen LogP contribution in [0.5, 0.6) is 0 Å². The second-order valence-corrected chi connectivity index (χ2v) is 5.20. The Bertz CT molecular complexity index is 566. The van der Waals surface area contributed by atoms with E-state index in [9.17, 15) is 4.79 Å². The molecule has 2 aromatic rings. The van der Waals surface area contributed by atoms with E-state index in [0.29, 0.717) is 0 Å². The van der Waals surface area contributed by atoms with Crippen molar-refractivity contribution in [1.29, 1.82) is 0 Å². The lowest BCUT2D eigenvalue weighted by atomic mass is 9.96. The number of carbonyl (C=O) groups is 1. The quantitative estimate of drug-likeness (QED) is 0.675. The van der Waals surface area contributed by atoms with Gasteiger partial charge in [-0.25, -0.2) is 0 Å². The van der Waals surface area contributed by atoms with E-state index in [0.717, 1.165) is 29.5 Å². The van der Waals surface area contributed by atoms with E-state index in [-0.39, 0.29) is 5.78 Å². The third kappa shape index (κ3) is 1.34. The van der Waals surface area contributed by atoms with E-state index in [1.54, 1.807) is 11.3 Å². The molecule has 1 nitrogen and oxygen atoms in total. The Morgan fingerprint density at radius 1 is 1.19 bits per heavy atom. The van der Waals surface area contributed by atoms with E-state index in [2.05, 4.69) is 6.07 Å². The van der Waals surface area contributed by atoms with Gasteiger partial charge in [-0.15, -0.1) is 11.3 Å². The van der Waals surface area contributed by atoms with Crippen LogP contribution in [0.2, 0.25) is 0 Å². The van der Waals surface area contributed by atoms with Gasteiger partial charge >= 0.3 is 0 Å². The first-order valence-corrected chi connectivity index (χ1v) is 6.35. The average molecular weight is 228 g/mol. The van der Waals surface area contributed by atoms with Gasteiger partial charge in [0.15, 0.2) is 5.78 Å². The maximum Gasteiger partial charge on any atom is 0.194 e. The molecule has 1 aromatic heterocycles. The number of benzene rings is 1. The number of thiophene rings is 1. The Morgan fingerprint density at radius 2 is 2.06 bits per heavy atom. The van der Waals surface area contributed by atoms with Crippen LogP contribution in [0.4, 0.5) is 0 Å². The maximum atomic E-state index is 12.4. The van der Waals surface area contributed by atoms with Crippen molar-refractivity contribution in [3.63, 3.8) is 0 Å². The molecule has 0 spiro atoms. The molecule has 16 heavy (non-hydrogen) atoms. The first kappa shape index (κ1) is 9.79. The van der Waals surface area contributed by atoms with Gasteiger partial charge in [-0.05, 0) is 42.3 Å². The van der Waals surface area contributed by atoms with Crippen molar-refractivity contribution in [2.45, 2.75) is 19.8 Å². The van der Waals surface area contributed by atoms with Crippen LogP contribution in [0.15, 0.2) is 29.6 Å². The van der Waals surface area contributed by atoms with Gasteiger partial charge in [-0.2, -0.15) is 0 Å². The van der Waals surface area contributed by atoms with Crippen LogP contribution in [-0.4, -0.2) is 5.78 Å². The number of fused-ring (bicyclic) bond motifs is 2. The molecular weight excluding hydrogens is 216 g/mol. The Kier molecular flexibility index (Phi) is 2.18. The lowest BCUT2D eigenvalue weighted by Crippen LogP contribution is -2.05. The molecule has 3 rings (SSSR count). The number of hydrogen-bond donors (Lipinski definition) is 0. The van der Waals surface area contributed by atoms with Crippen molar-refractivity contribution in [2.75, 3.05) is 0 Å². The summed E-state index contributed by atoms with van der Waals surface area (Å²) in [7, 11) is 0. The second kappa shape index (κ2) is 3.56. The highest BCUT2D eigenvalue weighted by Gasteiger charge is 2.22. The fourth-order valence-corrected chi connectivity index (χ4v) is 3.26. The third-order valence-corrected chi connectivity index (χ3v) is 4.18. The van der Waals surface area contributed by atoms with Crippen LogP contribution >= 0.6 is 11.3 Å². The van der Waals surface area contributed by atoms with Gasteiger partial charge in [0, 0.05) is 16.0 Å². The fraction of sp³-hybridized carbons (Fsp3) is 0.214. The van der Waals surface area contributed by atoms with Crippen molar-refractivity contribution in [2.24, 2.45) is 0 Å². The van der Waals surface area contributed by atoms with Crippen LogP contribution in [0.25, 0.3) is 0 Å². The lowest BCUT2D eigenvalue weighted by molar-refractivity contribution is 0.103. The molecule has 80 valence electrons. The van der Waals surface area contributed by atoms with E-state index < -0.39 is 0 Å². The van der Waals surface area contributed by atoms with E-state index >= 15 is 0 Å². The van der Waals surface area contributed by atoms with Crippen LogP contribution in [-0.2, 0) is 12.8 Å². The van der Waals surface area contributed by atoms with Crippen molar-refractivity contribution in [3.05, 3.63) is 56.8 Å². The topological polar surface area (TPSA) is 17.1 Å². The molecule has 0 unspecified atom stereocenters. The molecule has 0 bridgehead atoms. The smallest absolute Gasteiger partial charge is 0.194 e. The molecule has 1 aliphatic carbocycles. The Morgan fingerprint density at radius 3 is 2.94 bits per heavy atom. The zero-order valence-corrected chi connectivity index (χ0v) is 9.93. The summed E-state index contributed by atoms with van der Waals surface area (Å²) in [5, 5.41) is 2.02. The minimum atomic E-state index is 0.210. The summed E-state index contributed by atoms with van der Waals surface area (Å²) in [4.78, 5) is 13.7. The summed E-state index contributed by atoms with van der Waals surface area (Å²) in [5.74, 6) is 0.210. The molecule has 0 fully saturated rings. The molecule has 1 heterocycles. The SMILES string of the molecule is Cc1cccc2c1C(=O)c1ccsc1CC2. The van der Waals surface area contributed by atoms with E-state index in [4.69, 9.17) is 0 Å². The van der Waals surface area contributed by atoms with Crippen molar-refractivity contribution >= 4 is 17.1 Å². The largest absolute Gasteiger partial charge is 0.289 e. The lowest BCUT2D eigenvalue weighted by Gasteiger charge is -2.07. The van der Waals surface area contributed by atoms with Gasteiger partial charge < -0.3 is 0 Å². The summed E-state index contributed by atoms with van der Waals surface area (Å²) < 4.78 is 0. The van der Waals surface area contributed by atoms with Gasteiger partial charge in [-0.1, -0.05) is 18.2 Å². The van der Waals surface area contributed by atoms with E-state index in [1.807, 2.05) is 30.5 Å². The monoisotopic (exact) mass is 228 g/mol. The molecule has 1 aliphatic rings. The zero-order chi connectivity index (χ0) is 11.1. The van der Waals surface area contributed by atoms with Gasteiger partial charge in [0.25, 0.3) is 0 Å². The molecule has 0 radical (unpaired) electrons. The molecule has 0 amide bonds. The molecule has 2 heteroatoms. The third-order valence-electron chi connectivity index (χ3n) is 3.20. The summed E-state index contributed by atoms with van der Waals surface area (Å²) in [6.45, 7) is 2.02. The Labute approximate surface area is 98.7 Å². The number of rotatable bonds is 0. The van der Waals surface area contributed by atoms with Crippen molar-refractivity contribution in [1.82, 2.24) is 0 Å².